The van der Waals surface area contributed by atoms with Crippen LogP contribution in [0.4, 0.5) is 4.39 Å². The molecule has 1 unspecified atom stereocenters. The van der Waals surface area contributed by atoms with Crippen molar-refractivity contribution in [3.63, 3.8) is 0 Å². The zero-order valence-corrected chi connectivity index (χ0v) is 11.5. The van der Waals surface area contributed by atoms with Crippen LogP contribution < -0.4 is 0 Å². The van der Waals surface area contributed by atoms with E-state index in [0.717, 1.165) is 12.5 Å². The van der Waals surface area contributed by atoms with Crippen molar-refractivity contribution in [3.05, 3.63) is 24.0 Å². The second-order valence-corrected chi connectivity index (χ2v) is 2.32. The van der Waals surface area contributed by atoms with Crippen molar-refractivity contribution in [1.82, 2.24) is 9.97 Å². The summed E-state index contributed by atoms with van der Waals surface area (Å²) in [6.45, 7) is 1.37. The van der Waals surface area contributed by atoms with Crippen molar-refractivity contribution in [2.75, 3.05) is 0 Å². The number of halogens is 1. The first-order valence-corrected chi connectivity index (χ1v) is 3.31. The Balaban J connectivity index is -0.000000480. The molecule has 1 aromatic rings. The molecule has 0 aliphatic rings. The standard InChI is InChI=1S/C7H7FN2O2.Ba.2H/c1-4(7(11)12)6-5(8)2-9-3-10-6;;;/h2-4H,1H3,(H,11,12);;;/q;+2;2*-1. The molecular formula is C7H9BaFN2O2. The zero-order chi connectivity index (χ0) is 9.14. The molecule has 6 heteroatoms. The van der Waals surface area contributed by atoms with Crippen LogP contribution in [0.25, 0.3) is 0 Å². The molecule has 4 nitrogen and oxygen atoms in total. The number of carboxylic acids is 1. The van der Waals surface area contributed by atoms with Gasteiger partial charge in [-0.05, 0) is 6.92 Å². The largest absolute Gasteiger partial charge is 2.00 e. The van der Waals surface area contributed by atoms with Crippen molar-refractivity contribution in [2.45, 2.75) is 12.8 Å². The Labute approximate surface area is 118 Å². The van der Waals surface area contributed by atoms with E-state index in [2.05, 4.69) is 9.97 Å². The number of hydrogen-bond donors (Lipinski definition) is 1. The summed E-state index contributed by atoms with van der Waals surface area (Å²) in [5.41, 5.74) is -0.0856. The molecule has 1 atom stereocenters. The topological polar surface area (TPSA) is 63.1 Å². The summed E-state index contributed by atoms with van der Waals surface area (Å²) in [6.07, 6.45) is 2.07. The quantitative estimate of drug-likeness (QED) is 0.815. The third-order valence-electron chi connectivity index (χ3n) is 1.48. The minimum Gasteiger partial charge on any atom is -1.00 e. The third kappa shape index (κ3) is 3.35. The van der Waals surface area contributed by atoms with E-state index in [-0.39, 0.29) is 57.4 Å². The molecule has 0 aliphatic carbocycles. The van der Waals surface area contributed by atoms with Gasteiger partial charge in [0.05, 0.1) is 17.8 Å². The Morgan fingerprint density at radius 3 is 2.85 bits per heavy atom. The molecule has 68 valence electrons. The number of aliphatic carboxylic acids is 1. The number of aromatic nitrogens is 2. The molecule has 1 aromatic heterocycles. The van der Waals surface area contributed by atoms with Crippen molar-refractivity contribution in [2.24, 2.45) is 0 Å². The zero-order valence-electron chi connectivity index (χ0n) is 9.07. The molecule has 0 spiro atoms. The maximum atomic E-state index is 12.8. The van der Waals surface area contributed by atoms with Gasteiger partial charge in [0.2, 0.25) is 0 Å². The molecule has 0 aliphatic heterocycles. The van der Waals surface area contributed by atoms with Crippen molar-refractivity contribution in [3.8, 4) is 0 Å². The van der Waals surface area contributed by atoms with Gasteiger partial charge < -0.3 is 7.96 Å². The maximum absolute atomic E-state index is 12.8. The van der Waals surface area contributed by atoms with Crippen LogP contribution >= 0.6 is 0 Å². The average Bonchev–Trinajstić information content (AvgIpc) is 2.04. The fraction of sp³-hybridized carbons (Fsp3) is 0.286. The van der Waals surface area contributed by atoms with Crippen LogP contribution in [0.5, 0.6) is 0 Å². The molecule has 1 N–H and O–H groups in total. The monoisotopic (exact) mass is 310 g/mol. The van der Waals surface area contributed by atoms with Gasteiger partial charge in [-0.2, -0.15) is 0 Å². The Bertz CT molecular complexity index is 317. The number of carboxylic acid groups (broad SMARTS) is 1. The van der Waals surface area contributed by atoms with Gasteiger partial charge >= 0.3 is 54.9 Å². The maximum Gasteiger partial charge on any atom is 2.00 e. The predicted molar refractivity (Wildman–Crippen MR) is 46.0 cm³/mol. The van der Waals surface area contributed by atoms with Gasteiger partial charge in [-0.1, -0.05) is 0 Å². The Kier molecular flexibility index (Phi) is 5.74. The summed E-state index contributed by atoms with van der Waals surface area (Å²) < 4.78 is 12.8. The Hall–Kier alpha value is 0.0514. The normalized spacial score (nSPS) is 11.5. The molecule has 0 radical (unpaired) electrons. The number of rotatable bonds is 2. The summed E-state index contributed by atoms with van der Waals surface area (Å²) in [4.78, 5) is 17.4. The van der Waals surface area contributed by atoms with Gasteiger partial charge in [-0.15, -0.1) is 0 Å². The molecule has 0 aromatic carbocycles. The van der Waals surface area contributed by atoms with E-state index in [1.807, 2.05) is 0 Å². The first-order valence-electron chi connectivity index (χ1n) is 3.31. The van der Waals surface area contributed by atoms with Crippen LogP contribution in [-0.4, -0.2) is 69.9 Å². The van der Waals surface area contributed by atoms with E-state index < -0.39 is 17.7 Å². The number of hydrogen-bond acceptors (Lipinski definition) is 3. The minimum absolute atomic E-state index is 0. The van der Waals surface area contributed by atoms with Gasteiger partial charge in [0, 0.05) is 0 Å². The van der Waals surface area contributed by atoms with Gasteiger partial charge in [0.25, 0.3) is 0 Å². The molecule has 0 amide bonds. The molecule has 0 bridgehead atoms. The second kappa shape index (κ2) is 5.71. The van der Waals surface area contributed by atoms with E-state index >= 15 is 0 Å². The summed E-state index contributed by atoms with van der Waals surface area (Å²) in [5.74, 6) is -2.73. The van der Waals surface area contributed by atoms with Crippen LogP contribution in [-0.2, 0) is 4.79 Å². The van der Waals surface area contributed by atoms with Crippen molar-refractivity contribution >= 4 is 54.9 Å². The Morgan fingerprint density at radius 2 is 2.38 bits per heavy atom. The molecule has 1 heterocycles. The van der Waals surface area contributed by atoms with Crippen LogP contribution in [0.15, 0.2) is 12.5 Å². The predicted octanol–water partition coefficient (Wildman–Crippen LogP) is 0.648. The van der Waals surface area contributed by atoms with Gasteiger partial charge in [-0.25, -0.2) is 14.4 Å². The smallest absolute Gasteiger partial charge is 1.00 e. The molecular weight excluding hydrogens is 300 g/mol. The van der Waals surface area contributed by atoms with Crippen LogP contribution in [0.1, 0.15) is 21.4 Å². The molecule has 0 fully saturated rings. The van der Waals surface area contributed by atoms with Crippen molar-refractivity contribution in [1.29, 1.82) is 0 Å². The Morgan fingerprint density at radius 1 is 1.77 bits per heavy atom. The first-order chi connectivity index (χ1) is 5.63. The van der Waals surface area contributed by atoms with E-state index in [1.165, 1.54) is 6.92 Å². The SMILES string of the molecule is CC(C(=O)O)c1ncncc1F.[Ba+2].[H-].[H-]. The average molecular weight is 309 g/mol. The van der Waals surface area contributed by atoms with Crippen LogP contribution in [0.2, 0.25) is 0 Å². The van der Waals surface area contributed by atoms with Crippen LogP contribution in [0, 0.1) is 5.82 Å². The fourth-order valence-electron chi connectivity index (χ4n) is 0.758. The van der Waals surface area contributed by atoms with Gasteiger partial charge in [0.1, 0.15) is 6.33 Å². The number of carbonyl (C=O) groups is 1. The third-order valence-corrected chi connectivity index (χ3v) is 1.48. The summed E-state index contributed by atoms with van der Waals surface area (Å²) >= 11 is 0. The summed E-state index contributed by atoms with van der Waals surface area (Å²) in [6, 6.07) is 0. The minimum atomic E-state index is -1.10. The fourth-order valence-corrected chi connectivity index (χ4v) is 0.758. The summed E-state index contributed by atoms with van der Waals surface area (Å²) in [5, 5.41) is 8.53. The van der Waals surface area contributed by atoms with Crippen molar-refractivity contribution < 1.29 is 17.1 Å². The van der Waals surface area contributed by atoms with E-state index in [9.17, 15) is 9.18 Å². The summed E-state index contributed by atoms with van der Waals surface area (Å²) in [7, 11) is 0. The van der Waals surface area contributed by atoms with E-state index in [1.54, 1.807) is 0 Å². The molecule has 0 saturated carbocycles. The number of nitrogens with zero attached hydrogens (tertiary/aromatic N) is 2. The molecule has 0 saturated heterocycles. The van der Waals surface area contributed by atoms with E-state index in [0.29, 0.717) is 0 Å². The van der Waals surface area contributed by atoms with Gasteiger partial charge in [0.15, 0.2) is 5.82 Å². The molecule has 1 rings (SSSR count). The molecule has 13 heavy (non-hydrogen) atoms. The van der Waals surface area contributed by atoms with Gasteiger partial charge in [-0.3, -0.25) is 4.79 Å². The second-order valence-electron chi connectivity index (χ2n) is 2.32. The first kappa shape index (κ1) is 13.1. The van der Waals surface area contributed by atoms with E-state index in [4.69, 9.17) is 5.11 Å². The van der Waals surface area contributed by atoms with Crippen LogP contribution in [0.3, 0.4) is 0 Å².